The third kappa shape index (κ3) is 8.23. The number of esters is 1. The summed E-state index contributed by atoms with van der Waals surface area (Å²) in [6.07, 6.45) is 15.3. The van der Waals surface area contributed by atoms with Gasteiger partial charge in [0.2, 0.25) is 0 Å². The highest BCUT2D eigenvalue weighted by atomic mass is 28.4. The van der Waals surface area contributed by atoms with Crippen molar-refractivity contribution in [2.24, 2.45) is 46.3 Å². The Morgan fingerprint density at radius 1 is 0.828 bits per heavy atom. The highest BCUT2D eigenvalue weighted by molar-refractivity contribution is 6.99. The van der Waals surface area contributed by atoms with Crippen molar-refractivity contribution in [3.05, 3.63) is 108 Å². The van der Waals surface area contributed by atoms with Crippen LogP contribution in [0.25, 0.3) is 0 Å². The Kier molecular flexibility index (Phi) is 13.3. The van der Waals surface area contributed by atoms with Crippen LogP contribution in [0.15, 0.2) is 103 Å². The summed E-state index contributed by atoms with van der Waals surface area (Å²) >= 11 is 0. The van der Waals surface area contributed by atoms with Gasteiger partial charge >= 0.3 is 5.97 Å². The number of benzene rings is 3. The zero-order valence-corrected chi connectivity index (χ0v) is 38.2. The van der Waals surface area contributed by atoms with E-state index in [9.17, 15) is 4.79 Å². The summed E-state index contributed by atoms with van der Waals surface area (Å²) in [6, 6.07) is 33.0. The van der Waals surface area contributed by atoms with Crippen molar-refractivity contribution in [1.29, 1.82) is 0 Å². The van der Waals surface area contributed by atoms with Gasteiger partial charge in [-0.15, -0.1) is 0 Å². The van der Waals surface area contributed by atoms with Gasteiger partial charge in [0.15, 0.2) is 0 Å². The molecule has 3 aromatic rings. The van der Waals surface area contributed by atoms with E-state index >= 15 is 0 Å². The molecule has 58 heavy (non-hydrogen) atoms. The Labute approximate surface area is 353 Å². The lowest BCUT2D eigenvalue weighted by molar-refractivity contribution is -0.151. The van der Waals surface area contributed by atoms with Gasteiger partial charge in [-0.05, 0) is 133 Å². The standard InChI is InChI=1S/C53H74O4Si/c1-9-20-40(50(54)55-10-2)35-49(56-37-39-21-14-11-15-22-39)38(3)46-29-30-47-45-28-27-41-36-42(31-33-52(41,7)48(45)32-34-53(46,47)8)57-58(51(4,5)6,43-23-16-12-17-24-43)44-25-18-13-19-26-44/h11-19,21-27,38,40,42,45-49H,9-10,20,28-37H2,1-8H3/t38-,40+,42-,45-,46+,47-,48-,49-,52-,53+/m0/s1. The molecular weight excluding hydrogens is 729 g/mol. The first-order chi connectivity index (χ1) is 27.9. The minimum atomic E-state index is -2.62. The summed E-state index contributed by atoms with van der Waals surface area (Å²) in [4.78, 5) is 13.3. The minimum Gasteiger partial charge on any atom is -0.466 e. The normalized spacial score (nSPS) is 29.9. The van der Waals surface area contributed by atoms with E-state index in [1.807, 2.05) is 6.92 Å². The van der Waals surface area contributed by atoms with Gasteiger partial charge in [-0.2, -0.15) is 0 Å². The number of hydrogen-bond acceptors (Lipinski definition) is 4. The maximum atomic E-state index is 13.3. The molecule has 0 spiro atoms. The molecule has 314 valence electrons. The number of hydrogen-bond donors (Lipinski definition) is 0. The summed E-state index contributed by atoms with van der Waals surface area (Å²) in [7, 11) is -2.62. The van der Waals surface area contributed by atoms with Crippen LogP contribution < -0.4 is 10.4 Å². The third-order valence-electron chi connectivity index (χ3n) is 16.2. The molecule has 0 N–H and O–H groups in total. The topological polar surface area (TPSA) is 44.8 Å². The maximum Gasteiger partial charge on any atom is 0.309 e. The molecule has 7 rings (SSSR count). The van der Waals surface area contributed by atoms with Crippen molar-refractivity contribution in [3.63, 3.8) is 0 Å². The van der Waals surface area contributed by atoms with E-state index in [0.717, 1.165) is 49.9 Å². The summed E-state index contributed by atoms with van der Waals surface area (Å²) in [5.74, 6) is 2.97. The first kappa shape index (κ1) is 43.1. The van der Waals surface area contributed by atoms with Gasteiger partial charge in [-0.1, -0.05) is 158 Å². The van der Waals surface area contributed by atoms with Crippen molar-refractivity contribution < 1.29 is 18.7 Å². The fourth-order valence-electron chi connectivity index (χ4n) is 13.3. The summed E-state index contributed by atoms with van der Waals surface area (Å²) in [5.41, 5.74) is 3.41. The Hall–Kier alpha value is -2.99. The molecule has 10 atom stereocenters. The molecule has 4 aliphatic carbocycles. The van der Waals surface area contributed by atoms with E-state index in [1.165, 1.54) is 54.5 Å². The molecule has 0 unspecified atom stereocenters. The van der Waals surface area contributed by atoms with Crippen LogP contribution in [0.5, 0.6) is 0 Å². The Morgan fingerprint density at radius 3 is 2.07 bits per heavy atom. The van der Waals surface area contributed by atoms with Gasteiger partial charge in [-0.3, -0.25) is 4.79 Å². The summed E-state index contributed by atoms with van der Waals surface area (Å²) in [5, 5.41) is 2.74. The molecule has 0 amide bonds. The van der Waals surface area contributed by atoms with Crippen LogP contribution in [0.3, 0.4) is 0 Å². The minimum absolute atomic E-state index is 0.0145. The molecule has 3 saturated carbocycles. The lowest BCUT2D eigenvalue weighted by atomic mass is 9.47. The van der Waals surface area contributed by atoms with E-state index in [4.69, 9.17) is 13.9 Å². The largest absolute Gasteiger partial charge is 0.466 e. The molecule has 4 nitrogen and oxygen atoms in total. The molecule has 3 fully saturated rings. The number of fused-ring (bicyclic) bond motifs is 5. The van der Waals surface area contributed by atoms with Crippen LogP contribution in [0.2, 0.25) is 5.04 Å². The van der Waals surface area contributed by atoms with Crippen LogP contribution in [0.1, 0.15) is 132 Å². The molecule has 0 saturated heterocycles. The zero-order chi connectivity index (χ0) is 41.1. The van der Waals surface area contributed by atoms with Gasteiger partial charge in [0.1, 0.15) is 0 Å². The van der Waals surface area contributed by atoms with E-state index in [2.05, 4.69) is 146 Å². The SMILES string of the molecule is CCC[C@H](C[C@H](OCc1ccccc1)[C@@H](C)[C@H]1CC[C@H]2[C@@H]3CC=C4C[C@@H](O[Si](c5ccccc5)(c5ccccc5)C(C)(C)C)CC[C@]4(C)[C@H]3CC[C@]12C)C(=O)OCC. The number of ether oxygens (including phenoxy) is 2. The molecule has 0 bridgehead atoms. The van der Waals surface area contributed by atoms with E-state index in [0.29, 0.717) is 25.0 Å². The lowest BCUT2D eigenvalue weighted by Crippen LogP contribution is -2.68. The van der Waals surface area contributed by atoms with Crippen molar-refractivity contribution in [1.82, 2.24) is 0 Å². The van der Waals surface area contributed by atoms with E-state index < -0.39 is 8.32 Å². The van der Waals surface area contributed by atoms with Crippen molar-refractivity contribution in [2.75, 3.05) is 6.61 Å². The predicted molar refractivity (Wildman–Crippen MR) is 242 cm³/mol. The van der Waals surface area contributed by atoms with Crippen LogP contribution in [-0.4, -0.2) is 33.1 Å². The molecule has 3 aromatic carbocycles. The predicted octanol–water partition coefficient (Wildman–Crippen LogP) is 12.1. The average molecular weight is 803 g/mol. The highest BCUT2D eigenvalue weighted by Crippen LogP contribution is 2.67. The van der Waals surface area contributed by atoms with Crippen molar-refractivity contribution in [3.8, 4) is 0 Å². The number of carbonyl (C=O) groups is 1. The molecule has 0 aromatic heterocycles. The fourth-order valence-corrected chi connectivity index (χ4v) is 18.0. The number of rotatable bonds is 15. The molecule has 0 heterocycles. The quantitative estimate of drug-likeness (QED) is 0.0872. The van der Waals surface area contributed by atoms with Crippen LogP contribution in [0, 0.1) is 46.3 Å². The summed E-state index contributed by atoms with van der Waals surface area (Å²) < 4.78 is 20.3. The van der Waals surface area contributed by atoms with Gasteiger partial charge < -0.3 is 13.9 Å². The summed E-state index contributed by atoms with van der Waals surface area (Å²) in [6.45, 7) is 20.1. The van der Waals surface area contributed by atoms with Crippen molar-refractivity contribution in [2.45, 2.75) is 150 Å². The molecule has 0 aliphatic heterocycles. The molecule has 5 heteroatoms. The Balaban J connectivity index is 1.11. The molecule has 4 aliphatic rings. The fraction of sp³-hybridized carbons (Fsp3) is 0.604. The van der Waals surface area contributed by atoms with E-state index in [1.54, 1.807) is 5.57 Å². The first-order valence-corrected chi connectivity index (χ1v) is 25.1. The number of allylic oxidation sites excluding steroid dienone is 1. The van der Waals surface area contributed by atoms with Gasteiger partial charge in [-0.25, -0.2) is 0 Å². The van der Waals surface area contributed by atoms with Crippen LogP contribution in [-0.2, 0) is 25.3 Å². The zero-order valence-electron chi connectivity index (χ0n) is 37.2. The maximum absolute atomic E-state index is 13.3. The van der Waals surface area contributed by atoms with E-state index in [-0.39, 0.29) is 40.0 Å². The lowest BCUT2D eigenvalue weighted by Gasteiger charge is -2.59. The second-order valence-electron chi connectivity index (χ2n) is 20.3. The average Bonchev–Trinajstić information content (AvgIpc) is 3.58. The first-order valence-electron chi connectivity index (χ1n) is 23.2. The van der Waals surface area contributed by atoms with Crippen molar-refractivity contribution >= 4 is 24.7 Å². The molecular formula is C53H74O4Si. The van der Waals surface area contributed by atoms with Crippen LogP contribution >= 0.6 is 0 Å². The van der Waals surface area contributed by atoms with Gasteiger partial charge in [0, 0.05) is 6.10 Å². The third-order valence-corrected chi connectivity index (χ3v) is 21.3. The second kappa shape index (κ2) is 17.9. The monoisotopic (exact) mass is 803 g/mol. The van der Waals surface area contributed by atoms with Crippen LogP contribution in [0.4, 0.5) is 0 Å². The number of carbonyl (C=O) groups excluding carboxylic acids is 1. The Bertz CT molecular complexity index is 1780. The van der Waals surface area contributed by atoms with Gasteiger partial charge in [0.05, 0.1) is 25.2 Å². The van der Waals surface area contributed by atoms with Gasteiger partial charge in [0.25, 0.3) is 8.32 Å². The highest BCUT2D eigenvalue weighted by Gasteiger charge is 2.60. The Morgan fingerprint density at radius 2 is 1.47 bits per heavy atom. The molecule has 0 radical (unpaired) electrons. The smallest absolute Gasteiger partial charge is 0.309 e. The second-order valence-corrected chi connectivity index (χ2v) is 24.6.